The quantitative estimate of drug-likeness (QED) is 0.242. The molecule has 1 aliphatic heterocycles. The van der Waals surface area contributed by atoms with Crippen molar-refractivity contribution in [3.8, 4) is 11.5 Å². The lowest BCUT2D eigenvalue weighted by Gasteiger charge is -2.37. The highest BCUT2D eigenvalue weighted by atomic mass is 79.9. The number of aromatic carboxylic acids is 1. The van der Waals surface area contributed by atoms with Crippen LogP contribution in [-0.2, 0) is 36.0 Å². The van der Waals surface area contributed by atoms with E-state index in [1.165, 1.54) is 6.07 Å². The van der Waals surface area contributed by atoms with Crippen LogP contribution in [0.15, 0.2) is 39.3 Å². The molecule has 0 spiro atoms. The number of halogens is 2. The normalized spacial score (nSPS) is 13.9. The molecule has 6 nitrogen and oxygen atoms in total. The molecule has 0 saturated carbocycles. The topological polar surface area (TPSA) is 104 Å². The molecule has 1 heterocycles. The van der Waals surface area contributed by atoms with Gasteiger partial charge in [-0.2, -0.15) is 0 Å². The van der Waals surface area contributed by atoms with E-state index >= 15 is 0 Å². The number of hydrogen-bond donors (Lipinski definition) is 3. The largest absolute Gasteiger partial charge is 0.507 e. The second-order valence-electron chi connectivity index (χ2n) is 8.96. The maximum Gasteiger partial charge on any atom is 0.341 e. The SMILES string of the molecule is CCc1cc(O)c(Br)c(CC)c1C1(c2c(CC)cc(O)c(Br)c2CC)OC(=O)c2c(C(=O)O)cccc21. The van der Waals surface area contributed by atoms with E-state index in [0.717, 1.165) is 22.3 Å². The molecule has 0 aromatic heterocycles. The number of fused-ring (bicyclic) bond motifs is 1. The van der Waals surface area contributed by atoms with Gasteiger partial charge in [0, 0.05) is 16.7 Å². The van der Waals surface area contributed by atoms with E-state index in [-0.39, 0.29) is 22.6 Å². The zero-order chi connectivity index (χ0) is 27.2. The highest BCUT2D eigenvalue weighted by Crippen LogP contribution is 2.55. The molecule has 0 amide bonds. The third-order valence-electron chi connectivity index (χ3n) is 7.14. The van der Waals surface area contributed by atoms with Crippen molar-refractivity contribution >= 4 is 43.8 Å². The van der Waals surface area contributed by atoms with Gasteiger partial charge in [-0.25, -0.2) is 9.59 Å². The van der Waals surface area contributed by atoms with Gasteiger partial charge >= 0.3 is 11.9 Å². The molecule has 3 N–H and O–H groups in total. The van der Waals surface area contributed by atoms with E-state index in [2.05, 4.69) is 31.9 Å². The number of aromatic hydroxyl groups is 2. The number of phenols is 2. The van der Waals surface area contributed by atoms with Crippen LogP contribution in [0.5, 0.6) is 11.5 Å². The Morgan fingerprint density at radius 3 is 1.76 bits per heavy atom. The number of carboxylic acid groups (broad SMARTS) is 1. The molecule has 4 rings (SSSR count). The Morgan fingerprint density at radius 1 is 0.865 bits per heavy atom. The molecular weight excluding hydrogens is 604 g/mol. The summed E-state index contributed by atoms with van der Waals surface area (Å²) in [6.07, 6.45) is 2.07. The molecule has 37 heavy (non-hydrogen) atoms. The second-order valence-corrected chi connectivity index (χ2v) is 10.5. The van der Waals surface area contributed by atoms with Crippen LogP contribution >= 0.6 is 31.9 Å². The van der Waals surface area contributed by atoms with E-state index in [4.69, 9.17) is 4.74 Å². The van der Waals surface area contributed by atoms with Crippen LogP contribution in [0.4, 0.5) is 0 Å². The molecule has 0 atom stereocenters. The predicted molar refractivity (Wildman–Crippen MR) is 148 cm³/mol. The van der Waals surface area contributed by atoms with Gasteiger partial charge in [-0.15, -0.1) is 0 Å². The average Bonchev–Trinajstić information content (AvgIpc) is 3.18. The highest BCUT2D eigenvalue weighted by Gasteiger charge is 2.54. The minimum atomic E-state index is -1.50. The van der Waals surface area contributed by atoms with E-state index in [0.29, 0.717) is 51.3 Å². The first-order valence-corrected chi connectivity index (χ1v) is 13.8. The van der Waals surface area contributed by atoms with Gasteiger partial charge in [0.25, 0.3) is 0 Å². The summed E-state index contributed by atoms with van der Waals surface area (Å²) in [5.74, 6) is -1.79. The molecule has 3 aromatic rings. The molecule has 1 aliphatic rings. The summed E-state index contributed by atoms with van der Waals surface area (Å²) < 4.78 is 7.42. The van der Waals surface area contributed by atoms with Gasteiger partial charge in [0.1, 0.15) is 11.5 Å². The van der Waals surface area contributed by atoms with Crippen LogP contribution in [0.2, 0.25) is 0 Å². The number of carbonyl (C=O) groups is 2. The number of rotatable bonds is 7. The summed E-state index contributed by atoms with van der Waals surface area (Å²) in [7, 11) is 0. The zero-order valence-electron chi connectivity index (χ0n) is 21.0. The maximum atomic E-state index is 13.6. The number of benzene rings is 3. The predicted octanol–water partition coefficient (Wildman–Crippen LogP) is 7.03. The van der Waals surface area contributed by atoms with Gasteiger partial charge in [-0.3, -0.25) is 0 Å². The number of carbonyl (C=O) groups excluding carboxylic acids is 1. The van der Waals surface area contributed by atoms with Crippen LogP contribution in [-0.4, -0.2) is 27.3 Å². The molecule has 0 saturated heterocycles. The molecule has 0 fully saturated rings. The van der Waals surface area contributed by atoms with Gasteiger partial charge in [0.15, 0.2) is 5.60 Å². The second kappa shape index (κ2) is 10.1. The Kier molecular flexibility index (Phi) is 7.45. The lowest BCUT2D eigenvalue weighted by Crippen LogP contribution is -2.35. The molecule has 0 aliphatic carbocycles. The van der Waals surface area contributed by atoms with E-state index in [9.17, 15) is 24.9 Å². The Labute approximate surface area is 232 Å². The fraction of sp³-hybridized carbons (Fsp3) is 0.310. The third-order valence-corrected chi connectivity index (χ3v) is 8.91. The Morgan fingerprint density at radius 2 is 1.35 bits per heavy atom. The molecule has 8 heteroatoms. The third kappa shape index (κ3) is 3.96. The van der Waals surface area contributed by atoms with Crippen molar-refractivity contribution in [2.45, 2.75) is 59.0 Å². The summed E-state index contributed by atoms with van der Waals surface area (Å²) in [6, 6.07) is 8.10. The van der Waals surface area contributed by atoms with Crippen molar-refractivity contribution in [1.29, 1.82) is 0 Å². The standard InChI is InChI=1S/C29H28Br2O6/c1-5-14-12-20(32)25(30)16(7-3)23(14)29(24-15(6-2)13-21(33)26(31)17(24)8-4)19-11-9-10-18(27(34)35)22(19)28(36)37-29/h9-13,32-33H,5-8H2,1-4H3,(H,34,35). The highest BCUT2D eigenvalue weighted by molar-refractivity contribution is 9.11. The maximum absolute atomic E-state index is 13.6. The van der Waals surface area contributed by atoms with Gasteiger partial charge < -0.3 is 20.1 Å². The minimum Gasteiger partial charge on any atom is -0.507 e. The summed E-state index contributed by atoms with van der Waals surface area (Å²) in [5.41, 5.74) is 3.25. The Hall–Kier alpha value is -2.84. The number of esters is 1. The molecular formula is C29H28Br2O6. The Bertz CT molecular complexity index is 1380. The first-order chi connectivity index (χ1) is 17.6. The number of ether oxygens (including phenoxy) is 1. The number of cyclic esters (lactones) is 1. The van der Waals surface area contributed by atoms with Crippen molar-refractivity contribution in [1.82, 2.24) is 0 Å². The van der Waals surface area contributed by atoms with E-state index in [1.54, 1.807) is 24.3 Å². The summed E-state index contributed by atoms with van der Waals surface area (Å²) in [6.45, 7) is 7.82. The monoisotopic (exact) mass is 630 g/mol. The Balaban J connectivity index is 2.35. The number of phenolic OH excluding ortho intramolecular Hbond substituents is 2. The minimum absolute atomic E-state index is 0.0107. The van der Waals surface area contributed by atoms with Crippen molar-refractivity contribution in [3.05, 3.63) is 89.3 Å². The van der Waals surface area contributed by atoms with Crippen LogP contribution < -0.4 is 0 Å². The first-order valence-electron chi connectivity index (χ1n) is 12.3. The van der Waals surface area contributed by atoms with Crippen molar-refractivity contribution in [2.24, 2.45) is 0 Å². The lowest BCUT2D eigenvalue weighted by atomic mass is 9.71. The van der Waals surface area contributed by atoms with Crippen molar-refractivity contribution in [3.63, 3.8) is 0 Å². The van der Waals surface area contributed by atoms with Crippen molar-refractivity contribution in [2.75, 3.05) is 0 Å². The fourth-order valence-corrected chi connectivity index (χ4v) is 6.79. The average molecular weight is 632 g/mol. The zero-order valence-corrected chi connectivity index (χ0v) is 24.2. The van der Waals surface area contributed by atoms with Crippen LogP contribution in [0.3, 0.4) is 0 Å². The van der Waals surface area contributed by atoms with Gasteiger partial charge in [0.2, 0.25) is 0 Å². The summed E-state index contributed by atoms with van der Waals surface area (Å²) >= 11 is 7.11. The molecule has 194 valence electrons. The number of carboxylic acids is 1. The number of hydrogen-bond acceptors (Lipinski definition) is 5. The fourth-order valence-electron chi connectivity index (χ4n) is 5.60. The molecule has 3 aromatic carbocycles. The van der Waals surface area contributed by atoms with Gasteiger partial charge in [0.05, 0.1) is 20.1 Å². The van der Waals surface area contributed by atoms with Crippen molar-refractivity contribution < 1.29 is 29.6 Å². The van der Waals surface area contributed by atoms with E-state index in [1.807, 2.05) is 27.7 Å². The molecule has 0 radical (unpaired) electrons. The smallest absolute Gasteiger partial charge is 0.341 e. The number of aryl methyl sites for hydroxylation is 2. The summed E-state index contributed by atoms with van der Waals surface area (Å²) in [4.78, 5) is 25.8. The molecule has 0 unspecified atom stereocenters. The molecule has 0 bridgehead atoms. The summed E-state index contributed by atoms with van der Waals surface area (Å²) in [5, 5.41) is 31.4. The lowest BCUT2D eigenvalue weighted by molar-refractivity contribution is 0.0239. The van der Waals surface area contributed by atoms with Crippen LogP contribution in [0, 0.1) is 0 Å². The van der Waals surface area contributed by atoms with E-state index < -0.39 is 17.5 Å². The van der Waals surface area contributed by atoms with Gasteiger partial charge in [-0.05, 0) is 98.0 Å². The van der Waals surface area contributed by atoms with Crippen LogP contribution in [0.1, 0.15) is 87.4 Å². The van der Waals surface area contributed by atoms with Gasteiger partial charge in [-0.1, -0.05) is 39.8 Å². The first kappa shape index (κ1) is 27.2. The van der Waals surface area contributed by atoms with Crippen LogP contribution in [0.25, 0.3) is 0 Å².